The number of phenolic OH excluding ortho intramolecular Hbond substituents is 1. The molecule has 0 saturated heterocycles. The first kappa shape index (κ1) is 12.1. The van der Waals surface area contributed by atoms with Gasteiger partial charge in [-0.15, -0.1) is 0 Å². The zero-order chi connectivity index (χ0) is 11.1. The van der Waals surface area contributed by atoms with Crippen LogP contribution in [0.4, 0.5) is 0 Å². The van der Waals surface area contributed by atoms with E-state index in [0.717, 1.165) is 18.5 Å². The number of hydrogen-bond donors (Lipinski definition) is 2. The smallest absolute Gasteiger partial charge is 0.120 e. The zero-order valence-electron chi connectivity index (χ0n) is 9.66. The molecule has 0 aliphatic rings. The van der Waals surface area contributed by atoms with E-state index in [1.807, 2.05) is 18.2 Å². The summed E-state index contributed by atoms with van der Waals surface area (Å²) in [5.74, 6) is 0.386. The molecular weight excluding hydrogens is 186 g/mol. The van der Waals surface area contributed by atoms with Crippen molar-refractivity contribution in [2.45, 2.75) is 45.7 Å². The Hall–Kier alpha value is -1.02. The van der Waals surface area contributed by atoms with Crippen LogP contribution in [0.25, 0.3) is 0 Å². The molecule has 0 amide bonds. The fraction of sp³-hybridized carbons (Fsp3) is 0.538. The summed E-state index contributed by atoms with van der Waals surface area (Å²) in [6.45, 7) is 5.15. The first-order valence-corrected chi connectivity index (χ1v) is 5.78. The van der Waals surface area contributed by atoms with Crippen LogP contribution in [0.3, 0.4) is 0 Å². The molecule has 0 fully saturated rings. The standard InChI is InChI=1S/C13H21NO/c1-3-7-12(4-2)14-10-11-8-5-6-9-13(11)15/h5-6,8-9,12,14-15H,3-4,7,10H2,1-2H3. The minimum Gasteiger partial charge on any atom is -0.508 e. The van der Waals surface area contributed by atoms with Crippen LogP contribution in [0.5, 0.6) is 5.75 Å². The van der Waals surface area contributed by atoms with Crippen molar-refractivity contribution in [2.75, 3.05) is 0 Å². The molecule has 1 atom stereocenters. The monoisotopic (exact) mass is 207 g/mol. The lowest BCUT2D eigenvalue weighted by atomic mass is 10.1. The Morgan fingerprint density at radius 1 is 1.27 bits per heavy atom. The Kier molecular flexibility index (Phi) is 5.19. The van der Waals surface area contributed by atoms with Gasteiger partial charge in [-0.2, -0.15) is 0 Å². The topological polar surface area (TPSA) is 32.3 Å². The molecule has 1 rings (SSSR count). The molecule has 0 aliphatic heterocycles. The molecule has 0 radical (unpaired) electrons. The second-order valence-corrected chi connectivity index (χ2v) is 3.90. The molecule has 2 N–H and O–H groups in total. The van der Waals surface area contributed by atoms with Gasteiger partial charge in [0.15, 0.2) is 0 Å². The van der Waals surface area contributed by atoms with Gasteiger partial charge in [-0.3, -0.25) is 0 Å². The second kappa shape index (κ2) is 6.46. The molecule has 0 saturated carbocycles. The first-order valence-electron chi connectivity index (χ1n) is 5.78. The van der Waals surface area contributed by atoms with E-state index in [2.05, 4.69) is 19.2 Å². The van der Waals surface area contributed by atoms with Gasteiger partial charge in [0, 0.05) is 18.2 Å². The summed E-state index contributed by atoms with van der Waals surface area (Å²) in [6, 6.07) is 8.06. The van der Waals surface area contributed by atoms with Crippen LogP contribution in [-0.4, -0.2) is 11.1 Å². The molecule has 0 aliphatic carbocycles. The van der Waals surface area contributed by atoms with Gasteiger partial charge < -0.3 is 10.4 Å². The molecule has 0 heterocycles. The van der Waals surface area contributed by atoms with Crippen molar-refractivity contribution < 1.29 is 5.11 Å². The van der Waals surface area contributed by atoms with Crippen LogP contribution >= 0.6 is 0 Å². The maximum absolute atomic E-state index is 9.59. The molecule has 2 heteroatoms. The summed E-state index contributed by atoms with van der Waals surface area (Å²) in [5.41, 5.74) is 0.979. The number of rotatable bonds is 6. The van der Waals surface area contributed by atoms with Crippen LogP contribution in [0.1, 0.15) is 38.7 Å². The van der Waals surface area contributed by atoms with Gasteiger partial charge >= 0.3 is 0 Å². The lowest BCUT2D eigenvalue weighted by Gasteiger charge is -2.16. The van der Waals surface area contributed by atoms with E-state index in [9.17, 15) is 5.11 Å². The molecule has 0 bridgehead atoms. The summed E-state index contributed by atoms with van der Waals surface area (Å²) < 4.78 is 0. The third-order valence-corrected chi connectivity index (χ3v) is 2.70. The molecule has 0 aromatic heterocycles. The maximum Gasteiger partial charge on any atom is 0.120 e. The van der Waals surface area contributed by atoms with Gasteiger partial charge in [-0.1, -0.05) is 38.5 Å². The average Bonchev–Trinajstić information content (AvgIpc) is 2.26. The fourth-order valence-corrected chi connectivity index (χ4v) is 1.71. The molecule has 1 aromatic carbocycles. The van der Waals surface area contributed by atoms with Crippen molar-refractivity contribution >= 4 is 0 Å². The van der Waals surface area contributed by atoms with Crippen molar-refractivity contribution in [1.29, 1.82) is 0 Å². The second-order valence-electron chi connectivity index (χ2n) is 3.90. The highest BCUT2D eigenvalue weighted by molar-refractivity contribution is 5.31. The number of hydrogen-bond acceptors (Lipinski definition) is 2. The Labute approximate surface area is 92.3 Å². The van der Waals surface area contributed by atoms with Gasteiger partial charge in [-0.05, 0) is 18.9 Å². The summed E-state index contributed by atoms with van der Waals surface area (Å²) in [4.78, 5) is 0. The number of phenols is 1. The first-order chi connectivity index (χ1) is 7.27. The minimum atomic E-state index is 0.386. The van der Waals surface area contributed by atoms with Crippen LogP contribution in [0.2, 0.25) is 0 Å². The summed E-state index contributed by atoms with van der Waals surface area (Å²) in [5, 5.41) is 13.1. The van der Waals surface area contributed by atoms with Gasteiger partial charge in [0.05, 0.1) is 0 Å². The van der Waals surface area contributed by atoms with Crippen LogP contribution in [0.15, 0.2) is 24.3 Å². The van der Waals surface area contributed by atoms with E-state index in [0.29, 0.717) is 11.8 Å². The van der Waals surface area contributed by atoms with Crippen molar-refractivity contribution in [3.63, 3.8) is 0 Å². The lowest BCUT2D eigenvalue weighted by Crippen LogP contribution is -2.27. The van der Waals surface area contributed by atoms with Crippen molar-refractivity contribution in [1.82, 2.24) is 5.32 Å². The van der Waals surface area contributed by atoms with Gasteiger partial charge in [0.1, 0.15) is 5.75 Å². The highest BCUT2D eigenvalue weighted by Crippen LogP contribution is 2.15. The van der Waals surface area contributed by atoms with E-state index < -0.39 is 0 Å². The fourth-order valence-electron chi connectivity index (χ4n) is 1.71. The van der Waals surface area contributed by atoms with Gasteiger partial charge in [-0.25, -0.2) is 0 Å². The quantitative estimate of drug-likeness (QED) is 0.751. The number of benzene rings is 1. The summed E-state index contributed by atoms with van der Waals surface area (Å²) in [6.07, 6.45) is 3.54. The molecular formula is C13H21NO. The molecule has 1 unspecified atom stereocenters. The van der Waals surface area contributed by atoms with Crippen LogP contribution in [0, 0.1) is 0 Å². The maximum atomic E-state index is 9.59. The highest BCUT2D eigenvalue weighted by Gasteiger charge is 2.05. The Balaban J connectivity index is 2.45. The minimum absolute atomic E-state index is 0.386. The Morgan fingerprint density at radius 3 is 2.60 bits per heavy atom. The van der Waals surface area contributed by atoms with Crippen molar-refractivity contribution in [3.05, 3.63) is 29.8 Å². The van der Waals surface area contributed by atoms with E-state index >= 15 is 0 Å². The molecule has 0 spiro atoms. The summed E-state index contributed by atoms with van der Waals surface area (Å²) in [7, 11) is 0. The molecule has 2 nitrogen and oxygen atoms in total. The van der Waals surface area contributed by atoms with Crippen LogP contribution in [-0.2, 0) is 6.54 Å². The van der Waals surface area contributed by atoms with Crippen LogP contribution < -0.4 is 5.32 Å². The lowest BCUT2D eigenvalue weighted by molar-refractivity contribution is 0.439. The van der Waals surface area contributed by atoms with E-state index in [1.54, 1.807) is 6.07 Å². The van der Waals surface area contributed by atoms with E-state index in [1.165, 1.54) is 12.8 Å². The normalized spacial score (nSPS) is 12.7. The molecule has 15 heavy (non-hydrogen) atoms. The average molecular weight is 207 g/mol. The largest absolute Gasteiger partial charge is 0.508 e. The predicted molar refractivity (Wildman–Crippen MR) is 63.9 cm³/mol. The third kappa shape index (κ3) is 3.92. The molecule has 1 aromatic rings. The molecule has 84 valence electrons. The van der Waals surface area contributed by atoms with E-state index in [4.69, 9.17) is 0 Å². The van der Waals surface area contributed by atoms with E-state index in [-0.39, 0.29) is 0 Å². The highest BCUT2D eigenvalue weighted by atomic mass is 16.3. The number of aromatic hydroxyl groups is 1. The van der Waals surface area contributed by atoms with Gasteiger partial charge in [0.25, 0.3) is 0 Å². The Morgan fingerprint density at radius 2 is 2.00 bits per heavy atom. The Bertz CT molecular complexity index is 286. The number of para-hydroxylation sites is 1. The number of nitrogens with one attached hydrogen (secondary N) is 1. The summed E-state index contributed by atoms with van der Waals surface area (Å²) >= 11 is 0. The predicted octanol–water partition coefficient (Wildman–Crippen LogP) is 3.06. The zero-order valence-corrected chi connectivity index (χ0v) is 9.66. The van der Waals surface area contributed by atoms with Crippen molar-refractivity contribution in [2.24, 2.45) is 0 Å². The van der Waals surface area contributed by atoms with Crippen molar-refractivity contribution in [3.8, 4) is 5.75 Å². The van der Waals surface area contributed by atoms with Gasteiger partial charge in [0.2, 0.25) is 0 Å². The SMILES string of the molecule is CCCC(CC)NCc1ccccc1O. The third-order valence-electron chi connectivity index (χ3n) is 2.70.